The van der Waals surface area contributed by atoms with Gasteiger partial charge in [0.05, 0.1) is 19.8 Å². The number of aromatic nitrogens is 3. The lowest BCUT2D eigenvalue weighted by Gasteiger charge is -2.26. The van der Waals surface area contributed by atoms with Gasteiger partial charge in [0.15, 0.2) is 0 Å². The summed E-state index contributed by atoms with van der Waals surface area (Å²) in [7, 11) is 0. The minimum atomic E-state index is 0.138. The lowest BCUT2D eigenvalue weighted by molar-refractivity contribution is 0.0378. The highest BCUT2D eigenvalue weighted by Gasteiger charge is 2.09. The van der Waals surface area contributed by atoms with Crippen molar-refractivity contribution in [2.45, 2.75) is 13.3 Å². The molecule has 0 atom stereocenters. The zero-order valence-electron chi connectivity index (χ0n) is 11.6. The van der Waals surface area contributed by atoms with Crippen LogP contribution in [0.1, 0.15) is 13.3 Å². The van der Waals surface area contributed by atoms with Gasteiger partial charge in [-0.05, 0) is 31.5 Å². The molecule has 7 nitrogen and oxygen atoms in total. The fraction of sp³-hybridized carbons (Fsp3) is 0.750. The van der Waals surface area contributed by atoms with Crippen LogP contribution in [0.2, 0.25) is 5.28 Å². The van der Waals surface area contributed by atoms with E-state index in [4.69, 9.17) is 21.1 Å². The molecule has 0 aromatic carbocycles. The molecule has 0 radical (unpaired) electrons. The number of nitrogens with zero attached hydrogens (tertiary/aromatic N) is 4. The molecular formula is C12H20ClN5O2. The maximum absolute atomic E-state index is 5.82. The van der Waals surface area contributed by atoms with Crippen molar-refractivity contribution in [1.82, 2.24) is 19.9 Å². The Kier molecular flexibility index (Phi) is 6.23. The average Bonchev–Trinajstić information content (AvgIpc) is 2.45. The van der Waals surface area contributed by atoms with Crippen molar-refractivity contribution in [2.75, 3.05) is 51.3 Å². The third kappa shape index (κ3) is 5.07. The zero-order chi connectivity index (χ0) is 14.2. The summed E-state index contributed by atoms with van der Waals surface area (Å²) in [4.78, 5) is 14.4. The number of anilines is 1. The van der Waals surface area contributed by atoms with Gasteiger partial charge < -0.3 is 14.8 Å². The first-order chi connectivity index (χ1) is 9.78. The van der Waals surface area contributed by atoms with Crippen LogP contribution in [-0.4, -0.2) is 65.9 Å². The number of rotatable bonds is 7. The molecule has 2 heterocycles. The molecule has 1 aromatic heterocycles. The van der Waals surface area contributed by atoms with Gasteiger partial charge in [0.2, 0.25) is 11.2 Å². The Labute approximate surface area is 123 Å². The van der Waals surface area contributed by atoms with Gasteiger partial charge in [-0.15, -0.1) is 0 Å². The van der Waals surface area contributed by atoms with Crippen LogP contribution in [0.5, 0.6) is 6.01 Å². The topological polar surface area (TPSA) is 72.4 Å². The van der Waals surface area contributed by atoms with Gasteiger partial charge in [0.1, 0.15) is 0 Å². The highest BCUT2D eigenvalue weighted by Crippen LogP contribution is 2.11. The molecule has 1 saturated heterocycles. The lowest BCUT2D eigenvalue weighted by Crippen LogP contribution is -2.37. The van der Waals surface area contributed by atoms with Crippen molar-refractivity contribution >= 4 is 17.5 Å². The second-order valence-electron chi connectivity index (χ2n) is 4.38. The molecule has 20 heavy (non-hydrogen) atoms. The highest BCUT2D eigenvalue weighted by atomic mass is 35.5. The van der Waals surface area contributed by atoms with Crippen LogP contribution in [0.15, 0.2) is 0 Å². The molecule has 1 aliphatic heterocycles. The minimum Gasteiger partial charge on any atom is -0.464 e. The van der Waals surface area contributed by atoms with E-state index in [0.29, 0.717) is 12.6 Å². The molecular weight excluding hydrogens is 282 g/mol. The Hall–Kier alpha value is -1.18. The normalized spacial score (nSPS) is 16.1. The predicted octanol–water partition coefficient (Wildman–Crippen LogP) is 1.06. The van der Waals surface area contributed by atoms with E-state index in [1.54, 1.807) is 0 Å². The first kappa shape index (κ1) is 15.2. The monoisotopic (exact) mass is 301 g/mol. The van der Waals surface area contributed by atoms with E-state index in [1.807, 2.05) is 6.92 Å². The molecule has 1 aromatic rings. The summed E-state index contributed by atoms with van der Waals surface area (Å²) in [6, 6.07) is 0.253. The van der Waals surface area contributed by atoms with Gasteiger partial charge in [-0.2, -0.15) is 15.0 Å². The molecule has 0 spiro atoms. The second-order valence-corrected chi connectivity index (χ2v) is 4.72. The molecule has 1 fully saturated rings. The summed E-state index contributed by atoms with van der Waals surface area (Å²) in [6.45, 7) is 7.85. The highest BCUT2D eigenvalue weighted by molar-refractivity contribution is 6.28. The average molecular weight is 302 g/mol. The number of morpholine rings is 1. The summed E-state index contributed by atoms with van der Waals surface area (Å²) < 4.78 is 10.5. The van der Waals surface area contributed by atoms with E-state index in [2.05, 4.69) is 25.2 Å². The number of halogens is 1. The van der Waals surface area contributed by atoms with E-state index >= 15 is 0 Å². The van der Waals surface area contributed by atoms with Crippen molar-refractivity contribution in [3.63, 3.8) is 0 Å². The van der Waals surface area contributed by atoms with Crippen molar-refractivity contribution < 1.29 is 9.47 Å². The van der Waals surface area contributed by atoms with E-state index < -0.39 is 0 Å². The largest absolute Gasteiger partial charge is 0.464 e. The fourth-order valence-electron chi connectivity index (χ4n) is 1.93. The van der Waals surface area contributed by atoms with Crippen LogP contribution in [0.25, 0.3) is 0 Å². The molecule has 1 aliphatic rings. The van der Waals surface area contributed by atoms with Gasteiger partial charge in [-0.1, -0.05) is 0 Å². The molecule has 0 bridgehead atoms. The minimum absolute atomic E-state index is 0.138. The Bertz CT molecular complexity index is 415. The van der Waals surface area contributed by atoms with Gasteiger partial charge in [0.25, 0.3) is 0 Å². The number of nitrogens with one attached hydrogen (secondary N) is 1. The maximum atomic E-state index is 5.82. The van der Waals surface area contributed by atoms with Crippen LogP contribution >= 0.6 is 11.6 Å². The van der Waals surface area contributed by atoms with Gasteiger partial charge in [-0.25, -0.2) is 0 Å². The summed E-state index contributed by atoms with van der Waals surface area (Å²) in [6.07, 6.45) is 1.01. The molecule has 0 unspecified atom stereocenters. The van der Waals surface area contributed by atoms with Crippen LogP contribution in [-0.2, 0) is 4.74 Å². The molecule has 1 N–H and O–H groups in total. The summed E-state index contributed by atoms with van der Waals surface area (Å²) in [5, 5.41) is 3.28. The Morgan fingerprint density at radius 1 is 1.30 bits per heavy atom. The first-order valence-corrected chi connectivity index (χ1v) is 7.24. The Morgan fingerprint density at radius 3 is 2.85 bits per heavy atom. The summed E-state index contributed by atoms with van der Waals surface area (Å²) in [5.74, 6) is 0.454. The molecule has 8 heteroatoms. The van der Waals surface area contributed by atoms with Crippen LogP contribution < -0.4 is 10.1 Å². The number of hydrogen-bond acceptors (Lipinski definition) is 7. The summed E-state index contributed by atoms with van der Waals surface area (Å²) in [5.41, 5.74) is 0. The molecule has 2 rings (SSSR count). The van der Waals surface area contributed by atoms with Crippen LogP contribution in [0.3, 0.4) is 0 Å². The van der Waals surface area contributed by atoms with Crippen molar-refractivity contribution in [2.24, 2.45) is 0 Å². The Morgan fingerprint density at radius 2 is 2.10 bits per heavy atom. The molecule has 112 valence electrons. The Balaban J connectivity index is 1.72. The second kappa shape index (κ2) is 8.18. The molecule has 0 saturated carbocycles. The van der Waals surface area contributed by atoms with Crippen molar-refractivity contribution in [3.05, 3.63) is 5.28 Å². The molecule has 0 amide bonds. The van der Waals surface area contributed by atoms with Crippen LogP contribution in [0, 0.1) is 0 Å². The maximum Gasteiger partial charge on any atom is 0.322 e. The fourth-order valence-corrected chi connectivity index (χ4v) is 2.08. The van der Waals surface area contributed by atoms with E-state index in [0.717, 1.165) is 45.8 Å². The lowest BCUT2D eigenvalue weighted by atomic mass is 10.3. The van der Waals surface area contributed by atoms with Crippen molar-refractivity contribution in [1.29, 1.82) is 0 Å². The van der Waals surface area contributed by atoms with E-state index in [9.17, 15) is 0 Å². The number of ether oxygens (including phenoxy) is 2. The van der Waals surface area contributed by atoms with Crippen LogP contribution in [0.4, 0.5) is 5.95 Å². The third-order valence-corrected chi connectivity index (χ3v) is 3.07. The SMILES string of the molecule is CCOc1nc(Cl)nc(NCCCN2CCOCC2)n1. The van der Waals surface area contributed by atoms with Gasteiger partial charge in [-0.3, -0.25) is 4.90 Å². The third-order valence-electron chi connectivity index (χ3n) is 2.90. The van der Waals surface area contributed by atoms with Gasteiger partial charge in [0, 0.05) is 19.6 Å². The zero-order valence-corrected chi connectivity index (χ0v) is 12.4. The summed E-state index contributed by atoms with van der Waals surface area (Å²) >= 11 is 5.82. The first-order valence-electron chi connectivity index (χ1n) is 6.86. The standard InChI is InChI=1S/C12H20ClN5O2/c1-2-20-12-16-10(13)15-11(17-12)14-4-3-5-18-6-8-19-9-7-18/h2-9H2,1H3,(H,14,15,16,17). The molecule has 0 aliphatic carbocycles. The quantitative estimate of drug-likeness (QED) is 0.755. The van der Waals surface area contributed by atoms with Gasteiger partial charge >= 0.3 is 6.01 Å². The number of hydrogen-bond donors (Lipinski definition) is 1. The predicted molar refractivity (Wildman–Crippen MR) is 76.4 cm³/mol. The van der Waals surface area contributed by atoms with Crippen molar-refractivity contribution in [3.8, 4) is 6.01 Å². The van der Waals surface area contributed by atoms with E-state index in [1.165, 1.54) is 0 Å². The van der Waals surface area contributed by atoms with E-state index in [-0.39, 0.29) is 11.3 Å². The smallest absolute Gasteiger partial charge is 0.322 e.